The summed E-state index contributed by atoms with van der Waals surface area (Å²) in [6.07, 6.45) is -0.628. The first-order valence-corrected chi connectivity index (χ1v) is 9.83. The summed E-state index contributed by atoms with van der Waals surface area (Å²) in [6.45, 7) is 1.58. The molecule has 0 aliphatic carbocycles. The third kappa shape index (κ3) is 5.55. The highest BCUT2D eigenvalue weighted by molar-refractivity contribution is 6.33. The summed E-state index contributed by atoms with van der Waals surface area (Å²) in [5, 5.41) is 2.46. The molecule has 0 saturated carbocycles. The smallest absolute Gasteiger partial charge is 0.355 e. The van der Waals surface area contributed by atoms with E-state index in [0.29, 0.717) is 31.7 Å². The van der Waals surface area contributed by atoms with Gasteiger partial charge in [0.15, 0.2) is 0 Å². The van der Waals surface area contributed by atoms with Crippen LogP contribution >= 0.6 is 11.6 Å². The van der Waals surface area contributed by atoms with Gasteiger partial charge in [0, 0.05) is 51.1 Å². The van der Waals surface area contributed by atoms with Crippen LogP contribution in [0, 0.1) is 0 Å². The van der Waals surface area contributed by atoms with E-state index in [-0.39, 0.29) is 22.7 Å². The summed E-state index contributed by atoms with van der Waals surface area (Å²) in [7, 11) is 1.55. The molecule has 0 radical (unpaired) electrons. The van der Waals surface area contributed by atoms with E-state index in [9.17, 15) is 22.8 Å². The summed E-state index contributed by atoms with van der Waals surface area (Å²) in [5.41, 5.74) is 0.404. The van der Waals surface area contributed by atoms with Crippen LogP contribution in [0.5, 0.6) is 0 Å². The second kappa shape index (κ2) is 9.38. The molecule has 2 amide bonds. The average Bonchev–Trinajstić information content (AvgIpc) is 2.76. The van der Waals surface area contributed by atoms with Gasteiger partial charge in [-0.05, 0) is 29.8 Å². The lowest BCUT2D eigenvalue weighted by atomic mass is 10.1. The van der Waals surface area contributed by atoms with Gasteiger partial charge in [0.1, 0.15) is 5.82 Å². The zero-order chi connectivity index (χ0) is 22.6. The number of alkyl halides is 3. The van der Waals surface area contributed by atoms with Crippen LogP contribution in [-0.2, 0) is 11.0 Å². The van der Waals surface area contributed by atoms with Crippen LogP contribution in [-0.4, -0.2) is 54.9 Å². The van der Waals surface area contributed by atoms with Crippen LogP contribution in [0.25, 0.3) is 6.08 Å². The predicted molar refractivity (Wildman–Crippen MR) is 112 cm³/mol. The Kier molecular flexibility index (Phi) is 6.84. The van der Waals surface area contributed by atoms with Crippen LogP contribution in [0.4, 0.5) is 19.0 Å². The molecule has 10 heteroatoms. The van der Waals surface area contributed by atoms with Gasteiger partial charge in [-0.3, -0.25) is 9.59 Å². The molecule has 3 rings (SSSR count). The molecule has 0 bridgehead atoms. The average molecular weight is 453 g/mol. The first kappa shape index (κ1) is 22.6. The van der Waals surface area contributed by atoms with Crippen molar-refractivity contribution in [2.45, 2.75) is 6.18 Å². The summed E-state index contributed by atoms with van der Waals surface area (Å²) >= 11 is 6.00. The standard InChI is InChI=1S/C21H20ClF3N4O2/c1-26-20(31)15-5-2-14(3-6-15)4-7-18(30)28-8-10-29(11-9-28)19-17(22)12-16(13-27-19)21(23,24)25/h2-7,12-13H,8-11H2,1H3,(H,26,31)/b7-4+. The molecule has 1 N–H and O–H groups in total. The molecule has 164 valence electrons. The Bertz CT molecular complexity index is 985. The van der Waals surface area contributed by atoms with E-state index in [0.717, 1.165) is 17.8 Å². The number of pyridine rings is 1. The van der Waals surface area contributed by atoms with Crippen molar-refractivity contribution in [1.29, 1.82) is 0 Å². The molecular weight excluding hydrogens is 433 g/mol. The Morgan fingerprint density at radius 3 is 2.32 bits per heavy atom. The van der Waals surface area contributed by atoms with Crippen LogP contribution < -0.4 is 10.2 Å². The molecule has 1 aromatic heterocycles. The lowest BCUT2D eigenvalue weighted by molar-refractivity contribution is -0.137. The van der Waals surface area contributed by atoms with Gasteiger partial charge in [0.2, 0.25) is 5.91 Å². The Morgan fingerprint density at radius 1 is 1.13 bits per heavy atom. The number of carbonyl (C=O) groups is 2. The molecule has 1 saturated heterocycles. The first-order chi connectivity index (χ1) is 14.7. The fourth-order valence-corrected chi connectivity index (χ4v) is 3.41. The SMILES string of the molecule is CNC(=O)c1ccc(/C=C/C(=O)N2CCN(c3ncc(C(F)(F)F)cc3Cl)CC2)cc1. The highest BCUT2D eigenvalue weighted by Gasteiger charge is 2.32. The number of benzene rings is 1. The van der Waals surface area contributed by atoms with Crippen LogP contribution in [0.15, 0.2) is 42.6 Å². The monoisotopic (exact) mass is 452 g/mol. The van der Waals surface area contributed by atoms with Crippen molar-refractivity contribution in [2.24, 2.45) is 0 Å². The number of nitrogens with one attached hydrogen (secondary N) is 1. The number of hydrogen-bond acceptors (Lipinski definition) is 4. The normalized spacial score (nSPS) is 14.7. The quantitative estimate of drug-likeness (QED) is 0.721. The summed E-state index contributed by atoms with van der Waals surface area (Å²) in [6, 6.07) is 7.68. The maximum absolute atomic E-state index is 12.8. The van der Waals surface area contributed by atoms with Crippen LogP contribution in [0.2, 0.25) is 5.02 Å². The van der Waals surface area contributed by atoms with E-state index in [2.05, 4.69) is 10.3 Å². The van der Waals surface area contributed by atoms with Gasteiger partial charge in [0.05, 0.1) is 10.6 Å². The zero-order valence-corrected chi connectivity index (χ0v) is 17.4. The number of nitrogens with zero attached hydrogens (tertiary/aromatic N) is 3. The fourth-order valence-electron chi connectivity index (χ4n) is 3.12. The number of piperazine rings is 1. The minimum Gasteiger partial charge on any atom is -0.355 e. The number of anilines is 1. The van der Waals surface area contributed by atoms with Crippen molar-refractivity contribution in [3.63, 3.8) is 0 Å². The molecule has 31 heavy (non-hydrogen) atoms. The lowest BCUT2D eigenvalue weighted by Gasteiger charge is -2.35. The minimum absolute atomic E-state index is 0.0744. The van der Waals surface area contributed by atoms with E-state index < -0.39 is 11.7 Å². The number of aromatic nitrogens is 1. The molecule has 2 heterocycles. The van der Waals surface area contributed by atoms with E-state index in [1.807, 2.05) is 0 Å². The van der Waals surface area contributed by atoms with Gasteiger partial charge in [-0.1, -0.05) is 23.7 Å². The molecule has 1 aliphatic rings. The van der Waals surface area contributed by atoms with E-state index >= 15 is 0 Å². The maximum atomic E-state index is 12.8. The number of amides is 2. The van der Waals surface area contributed by atoms with Crippen molar-refractivity contribution >= 4 is 35.3 Å². The number of carbonyl (C=O) groups excluding carboxylic acids is 2. The van der Waals surface area contributed by atoms with Gasteiger partial charge in [0.25, 0.3) is 5.91 Å². The van der Waals surface area contributed by atoms with E-state index in [4.69, 9.17) is 11.6 Å². The topological polar surface area (TPSA) is 65.5 Å². The van der Waals surface area contributed by atoms with Crippen molar-refractivity contribution in [3.8, 4) is 0 Å². The molecular formula is C21H20ClF3N4O2. The Balaban J connectivity index is 1.57. The highest BCUT2D eigenvalue weighted by atomic mass is 35.5. The summed E-state index contributed by atoms with van der Waals surface area (Å²) in [4.78, 5) is 31.3. The summed E-state index contributed by atoms with van der Waals surface area (Å²) < 4.78 is 38.3. The van der Waals surface area contributed by atoms with Crippen molar-refractivity contribution in [2.75, 3.05) is 38.1 Å². The van der Waals surface area contributed by atoms with Crippen molar-refractivity contribution < 1.29 is 22.8 Å². The van der Waals surface area contributed by atoms with Gasteiger partial charge in [-0.2, -0.15) is 13.2 Å². The van der Waals surface area contributed by atoms with Gasteiger partial charge in [-0.15, -0.1) is 0 Å². The molecule has 1 aliphatic heterocycles. The second-order valence-corrected chi connectivity index (χ2v) is 7.28. The third-order valence-corrected chi connectivity index (χ3v) is 5.14. The van der Waals surface area contributed by atoms with Crippen molar-refractivity contribution in [1.82, 2.24) is 15.2 Å². The summed E-state index contributed by atoms with van der Waals surface area (Å²) in [5.74, 6) is -0.0952. The third-order valence-electron chi connectivity index (χ3n) is 4.86. The molecule has 0 atom stereocenters. The molecule has 1 fully saturated rings. The predicted octanol–water partition coefficient (Wildman–Crippen LogP) is 3.48. The first-order valence-electron chi connectivity index (χ1n) is 9.46. The largest absolute Gasteiger partial charge is 0.417 e. The molecule has 0 unspecified atom stereocenters. The van der Waals surface area contributed by atoms with Gasteiger partial charge < -0.3 is 15.1 Å². The molecule has 2 aromatic rings. The Labute approximate surface area is 182 Å². The highest BCUT2D eigenvalue weighted by Crippen LogP contribution is 2.33. The Hall–Kier alpha value is -3.07. The lowest BCUT2D eigenvalue weighted by Crippen LogP contribution is -2.48. The molecule has 1 aromatic carbocycles. The number of rotatable bonds is 4. The Morgan fingerprint density at radius 2 is 1.77 bits per heavy atom. The molecule has 0 spiro atoms. The minimum atomic E-state index is -4.50. The van der Waals surface area contributed by atoms with Crippen molar-refractivity contribution in [3.05, 3.63) is 64.3 Å². The van der Waals surface area contributed by atoms with E-state index in [1.54, 1.807) is 47.2 Å². The number of hydrogen-bond donors (Lipinski definition) is 1. The maximum Gasteiger partial charge on any atom is 0.417 e. The van der Waals surface area contributed by atoms with Crippen LogP contribution in [0.1, 0.15) is 21.5 Å². The van der Waals surface area contributed by atoms with Gasteiger partial charge >= 0.3 is 6.18 Å². The van der Waals surface area contributed by atoms with Gasteiger partial charge in [-0.25, -0.2) is 4.98 Å². The number of halogens is 4. The second-order valence-electron chi connectivity index (χ2n) is 6.87. The van der Waals surface area contributed by atoms with Crippen LogP contribution in [0.3, 0.4) is 0 Å². The fraction of sp³-hybridized carbons (Fsp3) is 0.286. The zero-order valence-electron chi connectivity index (χ0n) is 16.6. The molecule has 6 nitrogen and oxygen atoms in total. The van der Waals surface area contributed by atoms with E-state index in [1.165, 1.54) is 6.08 Å².